The molecule has 0 atom stereocenters. The van der Waals surface area contributed by atoms with Gasteiger partial charge in [0.05, 0.1) is 0 Å². The molecule has 3 aromatic carbocycles. The molecule has 0 aliphatic carbocycles. The van der Waals surface area contributed by atoms with E-state index in [0.717, 1.165) is 17.9 Å². The summed E-state index contributed by atoms with van der Waals surface area (Å²) >= 11 is 0. The minimum Gasteiger partial charge on any atom is -0.457 e. The molecule has 1 aliphatic heterocycles. The van der Waals surface area contributed by atoms with E-state index in [9.17, 15) is 0 Å². The second-order valence-electron chi connectivity index (χ2n) is 6.09. The van der Waals surface area contributed by atoms with Gasteiger partial charge in [-0.3, -0.25) is 0 Å². The smallest absolute Gasteiger partial charge is 0.131 e. The first-order valence-electron chi connectivity index (χ1n) is 7.68. The predicted octanol–water partition coefficient (Wildman–Crippen LogP) is 5.34. The molecule has 0 radical (unpaired) electrons. The summed E-state index contributed by atoms with van der Waals surface area (Å²) in [5, 5.41) is 0. The first kappa shape index (κ1) is 13.1. The molecular weight excluding hydrogens is 268 g/mol. The highest BCUT2D eigenvalue weighted by Crippen LogP contribution is 2.49. The second kappa shape index (κ2) is 5.03. The lowest BCUT2D eigenvalue weighted by Gasteiger charge is -2.37. The van der Waals surface area contributed by atoms with Crippen molar-refractivity contribution in [1.29, 1.82) is 0 Å². The Labute approximate surface area is 131 Å². The van der Waals surface area contributed by atoms with E-state index in [-0.39, 0.29) is 5.41 Å². The molecule has 1 nitrogen and oxygen atoms in total. The highest BCUT2D eigenvalue weighted by atomic mass is 16.5. The van der Waals surface area contributed by atoms with Gasteiger partial charge < -0.3 is 4.74 Å². The molecule has 22 heavy (non-hydrogen) atoms. The molecule has 1 aliphatic rings. The van der Waals surface area contributed by atoms with Crippen LogP contribution in [0.1, 0.15) is 23.6 Å². The van der Waals surface area contributed by atoms with Crippen LogP contribution in [-0.4, -0.2) is 0 Å². The zero-order valence-corrected chi connectivity index (χ0v) is 12.6. The molecule has 0 saturated heterocycles. The summed E-state index contributed by atoms with van der Waals surface area (Å²) < 4.78 is 6.11. The van der Waals surface area contributed by atoms with Crippen molar-refractivity contribution in [2.45, 2.75) is 18.8 Å². The Kier molecular flexibility index (Phi) is 3.00. The monoisotopic (exact) mass is 286 g/mol. The van der Waals surface area contributed by atoms with Crippen molar-refractivity contribution in [2.24, 2.45) is 0 Å². The van der Waals surface area contributed by atoms with Crippen molar-refractivity contribution in [1.82, 2.24) is 0 Å². The molecule has 0 aromatic heterocycles. The Morgan fingerprint density at radius 3 is 1.77 bits per heavy atom. The van der Waals surface area contributed by atoms with Gasteiger partial charge in [0.25, 0.3) is 0 Å². The molecule has 108 valence electrons. The van der Waals surface area contributed by atoms with E-state index in [4.69, 9.17) is 4.74 Å². The van der Waals surface area contributed by atoms with E-state index in [0.29, 0.717) is 0 Å². The van der Waals surface area contributed by atoms with E-state index < -0.39 is 0 Å². The van der Waals surface area contributed by atoms with E-state index in [1.54, 1.807) is 0 Å². The Bertz CT molecular complexity index is 759. The summed E-state index contributed by atoms with van der Waals surface area (Å²) in [7, 11) is 0. The summed E-state index contributed by atoms with van der Waals surface area (Å²) in [6.07, 6.45) is 0.964. The minimum absolute atomic E-state index is 0.0766. The number of rotatable bonds is 2. The standard InChI is InChI=1S/C21H18O/c1-21(15-16-9-3-2-4-10-16)17-11-5-7-13-19(17)22-20-14-8-6-12-18(20)21/h2-14H,15H2,1H3. The molecule has 0 bridgehead atoms. The van der Waals surface area contributed by atoms with Crippen LogP contribution in [0.25, 0.3) is 0 Å². The summed E-state index contributed by atoms with van der Waals surface area (Å²) in [5.74, 6) is 1.94. The third-order valence-electron chi connectivity index (χ3n) is 4.58. The minimum atomic E-state index is -0.0766. The lowest BCUT2D eigenvalue weighted by Crippen LogP contribution is -2.30. The molecule has 0 amide bonds. The molecule has 4 rings (SSSR count). The van der Waals surface area contributed by atoms with Crippen LogP contribution < -0.4 is 4.74 Å². The molecule has 0 spiro atoms. The average Bonchev–Trinajstić information content (AvgIpc) is 2.56. The fourth-order valence-electron chi connectivity index (χ4n) is 3.48. The Hall–Kier alpha value is -2.54. The molecule has 3 aromatic rings. The van der Waals surface area contributed by atoms with Crippen LogP contribution in [0.3, 0.4) is 0 Å². The van der Waals surface area contributed by atoms with Crippen molar-refractivity contribution in [3.8, 4) is 11.5 Å². The molecule has 1 heterocycles. The van der Waals surface area contributed by atoms with Gasteiger partial charge in [0.2, 0.25) is 0 Å². The highest BCUT2D eigenvalue weighted by molar-refractivity contribution is 5.57. The summed E-state index contributed by atoms with van der Waals surface area (Å²) in [5.41, 5.74) is 3.79. The predicted molar refractivity (Wildman–Crippen MR) is 89.6 cm³/mol. The van der Waals surface area contributed by atoms with Gasteiger partial charge in [0.15, 0.2) is 0 Å². The van der Waals surface area contributed by atoms with Gasteiger partial charge in [-0.1, -0.05) is 73.7 Å². The Balaban J connectivity index is 1.90. The number of hydrogen-bond donors (Lipinski definition) is 0. The van der Waals surface area contributed by atoms with Crippen molar-refractivity contribution < 1.29 is 4.74 Å². The van der Waals surface area contributed by atoms with Crippen LogP contribution in [-0.2, 0) is 11.8 Å². The topological polar surface area (TPSA) is 9.23 Å². The van der Waals surface area contributed by atoms with Crippen molar-refractivity contribution in [3.63, 3.8) is 0 Å². The first-order valence-corrected chi connectivity index (χ1v) is 7.68. The van der Waals surface area contributed by atoms with Crippen LogP contribution in [0.15, 0.2) is 78.9 Å². The average molecular weight is 286 g/mol. The largest absolute Gasteiger partial charge is 0.457 e. The van der Waals surface area contributed by atoms with Crippen LogP contribution in [0.5, 0.6) is 11.5 Å². The quantitative estimate of drug-likeness (QED) is 0.617. The maximum absolute atomic E-state index is 6.11. The first-order chi connectivity index (χ1) is 10.8. The van der Waals surface area contributed by atoms with Crippen LogP contribution in [0.4, 0.5) is 0 Å². The molecule has 0 fully saturated rings. The molecule has 0 saturated carbocycles. The molecule has 0 N–H and O–H groups in total. The van der Waals surface area contributed by atoms with Crippen LogP contribution in [0, 0.1) is 0 Å². The zero-order chi connectivity index (χ0) is 15.0. The van der Waals surface area contributed by atoms with Crippen LogP contribution in [0.2, 0.25) is 0 Å². The third kappa shape index (κ3) is 2.01. The van der Waals surface area contributed by atoms with E-state index in [1.165, 1.54) is 16.7 Å². The van der Waals surface area contributed by atoms with Crippen molar-refractivity contribution in [2.75, 3.05) is 0 Å². The van der Waals surface area contributed by atoms with Crippen molar-refractivity contribution >= 4 is 0 Å². The molecule has 0 unspecified atom stereocenters. The van der Waals surface area contributed by atoms with Gasteiger partial charge in [-0.2, -0.15) is 0 Å². The number of ether oxygens (including phenoxy) is 1. The lowest BCUT2D eigenvalue weighted by atomic mass is 9.70. The maximum atomic E-state index is 6.11. The second-order valence-corrected chi connectivity index (χ2v) is 6.09. The summed E-state index contributed by atoms with van der Waals surface area (Å²) in [4.78, 5) is 0. The van der Waals surface area contributed by atoms with Gasteiger partial charge in [-0.25, -0.2) is 0 Å². The van der Waals surface area contributed by atoms with Gasteiger partial charge in [-0.15, -0.1) is 0 Å². The van der Waals surface area contributed by atoms with Crippen LogP contribution >= 0.6 is 0 Å². The summed E-state index contributed by atoms with van der Waals surface area (Å²) in [6, 6.07) is 27.5. The molecule has 1 heteroatoms. The zero-order valence-electron chi connectivity index (χ0n) is 12.6. The van der Waals surface area contributed by atoms with Gasteiger partial charge in [0, 0.05) is 16.5 Å². The Morgan fingerprint density at radius 2 is 1.18 bits per heavy atom. The lowest BCUT2D eigenvalue weighted by molar-refractivity contribution is 0.403. The van der Waals surface area contributed by atoms with Crippen molar-refractivity contribution in [3.05, 3.63) is 95.6 Å². The number of hydrogen-bond acceptors (Lipinski definition) is 1. The summed E-state index contributed by atoms with van der Waals surface area (Å²) in [6.45, 7) is 2.32. The SMILES string of the molecule is CC1(Cc2ccccc2)c2ccccc2Oc2ccccc21. The molecular formula is C21H18O. The van der Waals surface area contributed by atoms with E-state index in [2.05, 4.69) is 73.7 Å². The number of para-hydroxylation sites is 2. The Morgan fingerprint density at radius 1 is 0.682 bits per heavy atom. The highest BCUT2D eigenvalue weighted by Gasteiger charge is 2.37. The van der Waals surface area contributed by atoms with E-state index >= 15 is 0 Å². The fraction of sp³-hybridized carbons (Fsp3) is 0.143. The normalized spacial score (nSPS) is 14.6. The fourth-order valence-corrected chi connectivity index (χ4v) is 3.48. The van der Waals surface area contributed by atoms with Gasteiger partial charge >= 0.3 is 0 Å². The van der Waals surface area contributed by atoms with E-state index in [1.807, 2.05) is 12.1 Å². The maximum Gasteiger partial charge on any atom is 0.131 e. The third-order valence-corrected chi connectivity index (χ3v) is 4.58. The van der Waals surface area contributed by atoms with Gasteiger partial charge in [-0.05, 0) is 24.1 Å². The number of benzene rings is 3. The number of fused-ring (bicyclic) bond motifs is 2. The van der Waals surface area contributed by atoms with Gasteiger partial charge in [0.1, 0.15) is 11.5 Å².